The van der Waals surface area contributed by atoms with Gasteiger partial charge in [-0.2, -0.15) is 0 Å². The molecule has 6 nitrogen and oxygen atoms in total. The van der Waals surface area contributed by atoms with Gasteiger partial charge >= 0.3 is 0 Å². The number of nitrogens with one attached hydrogen (secondary N) is 1. The quantitative estimate of drug-likeness (QED) is 0.445. The zero-order valence-electron chi connectivity index (χ0n) is 16.6. The molecule has 1 fully saturated rings. The molecule has 0 unspecified atom stereocenters. The molecule has 0 bridgehead atoms. The predicted molar refractivity (Wildman–Crippen MR) is 112 cm³/mol. The molecule has 4 rings (SSSR count). The Balaban J connectivity index is 1.59. The highest BCUT2D eigenvalue weighted by atomic mass is 16.5. The second kappa shape index (κ2) is 8.37. The van der Waals surface area contributed by atoms with Crippen molar-refractivity contribution in [1.29, 1.82) is 0 Å². The monoisotopic (exact) mass is 393 g/mol. The van der Waals surface area contributed by atoms with Crippen molar-refractivity contribution >= 4 is 16.8 Å². The zero-order chi connectivity index (χ0) is 20.4. The molecule has 0 radical (unpaired) electrons. The minimum atomic E-state index is -0.503. The summed E-state index contributed by atoms with van der Waals surface area (Å²) < 4.78 is 2.38. The lowest BCUT2D eigenvalue weighted by atomic mass is 10.0. The maximum Gasteiger partial charge on any atom is 0.274 e. The molecular weight excluding hydrogens is 366 g/mol. The molecule has 2 aromatic carbocycles. The Labute approximate surface area is 170 Å². The standard InChI is InChI=1S/C23H27N3O3/c1-16-21(14-17-6-8-18(9-7-17)23(28)24-29)20-4-2-3-5-22(20)26(16)13-12-25-11-10-19(27)15-25/h2-9,19,27,29H,10-15H2,1H3,(H,24,28)/t19-/m0/s1. The van der Waals surface area contributed by atoms with Crippen LogP contribution in [-0.2, 0) is 13.0 Å². The average molecular weight is 393 g/mol. The number of benzene rings is 2. The fraction of sp³-hybridized carbons (Fsp3) is 0.348. The first-order valence-electron chi connectivity index (χ1n) is 10.1. The van der Waals surface area contributed by atoms with Crippen LogP contribution in [0.25, 0.3) is 10.9 Å². The number of likely N-dealkylation sites (tertiary alicyclic amines) is 1. The summed E-state index contributed by atoms with van der Waals surface area (Å²) in [4.78, 5) is 13.9. The molecule has 1 aliphatic rings. The summed E-state index contributed by atoms with van der Waals surface area (Å²) in [7, 11) is 0. The number of β-amino-alcohol motifs (C(OH)–C–C–N with tert-alkyl or cyclic N) is 1. The van der Waals surface area contributed by atoms with Crippen molar-refractivity contribution in [3.05, 3.63) is 70.9 Å². The lowest BCUT2D eigenvalue weighted by Crippen LogP contribution is -2.26. The van der Waals surface area contributed by atoms with Crippen LogP contribution < -0.4 is 5.48 Å². The smallest absolute Gasteiger partial charge is 0.274 e. The van der Waals surface area contributed by atoms with Crippen LogP contribution in [0, 0.1) is 6.92 Å². The average Bonchev–Trinajstić information content (AvgIpc) is 3.27. The number of nitrogens with zero attached hydrogens (tertiary/aromatic N) is 2. The molecule has 29 heavy (non-hydrogen) atoms. The van der Waals surface area contributed by atoms with Gasteiger partial charge in [0.25, 0.3) is 5.91 Å². The van der Waals surface area contributed by atoms with E-state index in [4.69, 9.17) is 5.21 Å². The van der Waals surface area contributed by atoms with Crippen molar-refractivity contribution in [1.82, 2.24) is 14.9 Å². The number of carbonyl (C=O) groups is 1. The Morgan fingerprint density at radius 2 is 1.90 bits per heavy atom. The maximum absolute atomic E-state index is 11.5. The highest BCUT2D eigenvalue weighted by molar-refractivity contribution is 5.93. The minimum Gasteiger partial charge on any atom is -0.392 e. The maximum atomic E-state index is 11.5. The van der Waals surface area contributed by atoms with Gasteiger partial charge in [-0.3, -0.25) is 14.9 Å². The number of fused-ring (bicyclic) bond motifs is 1. The van der Waals surface area contributed by atoms with Gasteiger partial charge in [-0.05, 0) is 49.1 Å². The molecule has 6 heteroatoms. The normalized spacial score (nSPS) is 17.1. The number of carbonyl (C=O) groups excluding carboxylic acids is 1. The summed E-state index contributed by atoms with van der Waals surface area (Å²) in [6.45, 7) is 5.72. The van der Waals surface area contributed by atoms with E-state index in [0.717, 1.165) is 44.6 Å². The van der Waals surface area contributed by atoms with Crippen LogP contribution in [0.4, 0.5) is 0 Å². The van der Waals surface area contributed by atoms with Crippen molar-refractivity contribution in [3.8, 4) is 0 Å². The molecule has 1 saturated heterocycles. The Bertz CT molecular complexity index is 1010. The molecule has 1 amide bonds. The molecule has 0 saturated carbocycles. The summed E-state index contributed by atoms with van der Waals surface area (Å²) in [6, 6.07) is 15.8. The molecule has 2 heterocycles. The minimum absolute atomic E-state index is 0.191. The van der Waals surface area contributed by atoms with Crippen molar-refractivity contribution in [2.24, 2.45) is 0 Å². The molecule has 152 valence electrons. The van der Waals surface area contributed by atoms with Gasteiger partial charge in [0, 0.05) is 48.3 Å². The number of aromatic nitrogens is 1. The van der Waals surface area contributed by atoms with E-state index in [1.165, 1.54) is 22.2 Å². The topological polar surface area (TPSA) is 77.7 Å². The number of rotatable bonds is 6. The number of hydrogen-bond acceptors (Lipinski definition) is 4. The number of aliphatic hydroxyl groups excluding tert-OH is 1. The van der Waals surface area contributed by atoms with Gasteiger partial charge in [-0.1, -0.05) is 30.3 Å². The van der Waals surface area contributed by atoms with Crippen LogP contribution in [0.2, 0.25) is 0 Å². The predicted octanol–water partition coefficient (Wildman–Crippen LogP) is 2.73. The Hall–Kier alpha value is -2.67. The number of hydroxylamine groups is 1. The van der Waals surface area contributed by atoms with Crippen molar-refractivity contribution in [2.75, 3.05) is 19.6 Å². The Kier molecular flexibility index (Phi) is 5.67. The molecular formula is C23H27N3O3. The Morgan fingerprint density at radius 3 is 2.59 bits per heavy atom. The first kappa shape index (κ1) is 19.6. The highest BCUT2D eigenvalue weighted by Crippen LogP contribution is 2.28. The van der Waals surface area contributed by atoms with Crippen LogP contribution in [0.5, 0.6) is 0 Å². The third-order valence-electron chi connectivity index (χ3n) is 5.95. The van der Waals surface area contributed by atoms with E-state index in [9.17, 15) is 9.90 Å². The largest absolute Gasteiger partial charge is 0.392 e. The SMILES string of the molecule is Cc1c(Cc2ccc(C(=O)NO)cc2)c2ccccc2n1CCN1CC[C@H](O)C1. The second-order valence-electron chi connectivity index (χ2n) is 7.79. The van der Waals surface area contributed by atoms with Gasteiger partial charge in [0.05, 0.1) is 6.10 Å². The molecule has 0 aliphatic carbocycles. The first-order chi connectivity index (χ1) is 14.1. The van der Waals surface area contributed by atoms with Gasteiger partial charge in [0.2, 0.25) is 0 Å². The Morgan fingerprint density at radius 1 is 1.14 bits per heavy atom. The fourth-order valence-electron chi connectivity index (χ4n) is 4.31. The third-order valence-corrected chi connectivity index (χ3v) is 5.95. The van der Waals surface area contributed by atoms with Crippen LogP contribution >= 0.6 is 0 Å². The second-order valence-corrected chi connectivity index (χ2v) is 7.79. The lowest BCUT2D eigenvalue weighted by Gasteiger charge is -2.17. The van der Waals surface area contributed by atoms with Gasteiger partial charge in [0.15, 0.2) is 0 Å². The summed E-state index contributed by atoms with van der Waals surface area (Å²) >= 11 is 0. The van der Waals surface area contributed by atoms with Crippen molar-refractivity contribution in [2.45, 2.75) is 32.4 Å². The number of hydrogen-bond donors (Lipinski definition) is 3. The van der Waals surface area contributed by atoms with Crippen LogP contribution in [-0.4, -0.2) is 51.4 Å². The van der Waals surface area contributed by atoms with Gasteiger partial charge in [-0.15, -0.1) is 0 Å². The van der Waals surface area contributed by atoms with Crippen LogP contribution in [0.1, 0.15) is 33.6 Å². The summed E-state index contributed by atoms with van der Waals surface area (Å²) in [5.74, 6) is -0.503. The molecule has 1 aromatic heterocycles. The summed E-state index contributed by atoms with van der Waals surface area (Å²) in [5, 5.41) is 19.8. The molecule has 0 spiro atoms. The molecule has 3 aromatic rings. The van der Waals surface area contributed by atoms with Gasteiger partial charge < -0.3 is 9.67 Å². The zero-order valence-corrected chi connectivity index (χ0v) is 16.6. The number of amides is 1. The van der Waals surface area contributed by atoms with E-state index in [-0.39, 0.29) is 6.10 Å². The lowest BCUT2D eigenvalue weighted by molar-refractivity contribution is 0.0706. The van der Waals surface area contributed by atoms with E-state index in [0.29, 0.717) is 5.56 Å². The number of para-hydroxylation sites is 1. The van der Waals surface area contributed by atoms with Crippen LogP contribution in [0.3, 0.4) is 0 Å². The number of aliphatic hydroxyl groups is 1. The van der Waals surface area contributed by atoms with E-state index in [1.807, 2.05) is 12.1 Å². The van der Waals surface area contributed by atoms with Crippen molar-refractivity contribution < 1.29 is 15.1 Å². The fourth-order valence-corrected chi connectivity index (χ4v) is 4.31. The van der Waals surface area contributed by atoms with Gasteiger partial charge in [-0.25, -0.2) is 5.48 Å². The molecule has 3 N–H and O–H groups in total. The van der Waals surface area contributed by atoms with E-state index in [1.54, 1.807) is 17.6 Å². The summed E-state index contributed by atoms with van der Waals surface area (Å²) in [5.41, 5.74) is 7.00. The molecule has 1 atom stereocenters. The highest BCUT2D eigenvalue weighted by Gasteiger charge is 2.21. The first-order valence-corrected chi connectivity index (χ1v) is 10.1. The summed E-state index contributed by atoms with van der Waals surface area (Å²) in [6.07, 6.45) is 1.45. The van der Waals surface area contributed by atoms with E-state index >= 15 is 0 Å². The van der Waals surface area contributed by atoms with Gasteiger partial charge in [0.1, 0.15) is 0 Å². The molecule has 1 aliphatic heterocycles. The van der Waals surface area contributed by atoms with E-state index in [2.05, 4.69) is 40.7 Å². The van der Waals surface area contributed by atoms with E-state index < -0.39 is 5.91 Å². The van der Waals surface area contributed by atoms with Crippen LogP contribution in [0.15, 0.2) is 48.5 Å². The third kappa shape index (κ3) is 4.05. The van der Waals surface area contributed by atoms with Crippen molar-refractivity contribution in [3.63, 3.8) is 0 Å².